The predicted molar refractivity (Wildman–Crippen MR) is 80.1 cm³/mol. The molecule has 4 heteroatoms. The Morgan fingerprint density at radius 1 is 0.950 bits per heavy atom. The SMILES string of the molecule is CCCCOC=C(C#N)C(OCCCC)OCCCC. The van der Waals surface area contributed by atoms with E-state index in [9.17, 15) is 5.26 Å². The summed E-state index contributed by atoms with van der Waals surface area (Å²) in [7, 11) is 0. The summed E-state index contributed by atoms with van der Waals surface area (Å²) in [6.45, 7) is 8.13. The number of nitrogens with zero attached hydrogens (tertiary/aromatic N) is 1. The van der Waals surface area contributed by atoms with Crippen LogP contribution in [0.15, 0.2) is 11.8 Å². The summed E-state index contributed by atoms with van der Waals surface area (Å²) in [5.41, 5.74) is 0.410. The minimum Gasteiger partial charge on any atom is -0.500 e. The number of ether oxygens (including phenoxy) is 3. The quantitative estimate of drug-likeness (QED) is 0.220. The van der Waals surface area contributed by atoms with Crippen molar-refractivity contribution >= 4 is 0 Å². The Kier molecular flexibility index (Phi) is 13.6. The van der Waals surface area contributed by atoms with Gasteiger partial charge in [0.1, 0.15) is 17.9 Å². The van der Waals surface area contributed by atoms with Crippen LogP contribution in [0.5, 0.6) is 0 Å². The van der Waals surface area contributed by atoms with E-state index in [0.29, 0.717) is 25.4 Å². The number of rotatable bonds is 13. The lowest BCUT2D eigenvalue weighted by atomic mass is 10.3. The lowest BCUT2D eigenvalue weighted by molar-refractivity contribution is -0.118. The molecular formula is C16H29NO3. The van der Waals surface area contributed by atoms with Crippen LogP contribution in [0, 0.1) is 11.3 Å². The van der Waals surface area contributed by atoms with Crippen molar-refractivity contribution in [3.63, 3.8) is 0 Å². The van der Waals surface area contributed by atoms with Crippen molar-refractivity contribution < 1.29 is 14.2 Å². The molecule has 0 saturated carbocycles. The van der Waals surface area contributed by atoms with Gasteiger partial charge in [0.15, 0.2) is 6.29 Å². The molecule has 116 valence electrons. The third-order valence-corrected chi connectivity index (χ3v) is 2.74. The van der Waals surface area contributed by atoms with Crippen LogP contribution in [-0.2, 0) is 14.2 Å². The van der Waals surface area contributed by atoms with E-state index in [4.69, 9.17) is 14.2 Å². The van der Waals surface area contributed by atoms with Crippen LogP contribution < -0.4 is 0 Å². The van der Waals surface area contributed by atoms with E-state index in [-0.39, 0.29) is 0 Å². The Bertz CT molecular complexity index is 274. The Morgan fingerprint density at radius 2 is 1.45 bits per heavy atom. The molecule has 0 rings (SSSR count). The predicted octanol–water partition coefficient (Wildman–Crippen LogP) is 4.17. The number of hydrogen-bond acceptors (Lipinski definition) is 4. The highest BCUT2D eigenvalue weighted by atomic mass is 16.7. The minimum atomic E-state index is -0.597. The van der Waals surface area contributed by atoms with Crippen LogP contribution in [-0.4, -0.2) is 26.1 Å². The summed E-state index contributed by atoms with van der Waals surface area (Å²) in [5.74, 6) is 0. The summed E-state index contributed by atoms with van der Waals surface area (Å²) < 4.78 is 16.7. The third-order valence-electron chi connectivity index (χ3n) is 2.74. The second kappa shape index (κ2) is 14.4. The molecule has 0 heterocycles. The molecule has 0 N–H and O–H groups in total. The van der Waals surface area contributed by atoms with Crippen molar-refractivity contribution in [2.45, 2.75) is 65.6 Å². The summed E-state index contributed by atoms with van der Waals surface area (Å²) in [5, 5.41) is 9.21. The van der Waals surface area contributed by atoms with E-state index in [2.05, 4.69) is 26.8 Å². The average Bonchev–Trinajstić information content (AvgIpc) is 2.47. The van der Waals surface area contributed by atoms with Gasteiger partial charge in [0.05, 0.1) is 19.8 Å². The molecule has 0 aromatic heterocycles. The first kappa shape index (κ1) is 18.9. The van der Waals surface area contributed by atoms with Crippen molar-refractivity contribution in [2.24, 2.45) is 0 Å². The van der Waals surface area contributed by atoms with Crippen molar-refractivity contribution in [3.8, 4) is 6.07 Å². The normalized spacial score (nSPS) is 11.7. The van der Waals surface area contributed by atoms with E-state index in [1.54, 1.807) is 0 Å². The zero-order valence-corrected chi connectivity index (χ0v) is 13.2. The Morgan fingerprint density at radius 3 is 1.90 bits per heavy atom. The van der Waals surface area contributed by atoms with Crippen LogP contribution >= 0.6 is 0 Å². The molecule has 0 aromatic rings. The Hall–Kier alpha value is -1.05. The summed E-state index contributed by atoms with van der Waals surface area (Å²) in [6, 6.07) is 2.12. The van der Waals surface area contributed by atoms with Gasteiger partial charge in [-0.15, -0.1) is 0 Å². The molecule has 0 atom stereocenters. The molecule has 0 unspecified atom stereocenters. The third kappa shape index (κ3) is 9.82. The summed E-state index contributed by atoms with van der Waals surface area (Å²) in [4.78, 5) is 0. The fourth-order valence-electron chi connectivity index (χ4n) is 1.41. The highest BCUT2D eigenvalue weighted by Gasteiger charge is 2.16. The van der Waals surface area contributed by atoms with Crippen molar-refractivity contribution in [3.05, 3.63) is 11.8 Å². The lowest BCUT2D eigenvalue weighted by Crippen LogP contribution is -2.21. The fourth-order valence-corrected chi connectivity index (χ4v) is 1.41. The molecule has 0 radical (unpaired) electrons. The minimum absolute atomic E-state index is 0.410. The molecule has 0 bridgehead atoms. The second-order valence-electron chi connectivity index (χ2n) is 4.69. The fraction of sp³-hybridized carbons (Fsp3) is 0.812. The molecule has 4 nitrogen and oxygen atoms in total. The van der Waals surface area contributed by atoms with Gasteiger partial charge < -0.3 is 14.2 Å². The molecule has 0 aliphatic heterocycles. The molecule has 0 aliphatic rings. The van der Waals surface area contributed by atoms with Gasteiger partial charge in [-0.3, -0.25) is 0 Å². The maximum atomic E-state index is 9.21. The first-order valence-corrected chi connectivity index (χ1v) is 7.75. The van der Waals surface area contributed by atoms with E-state index < -0.39 is 6.29 Å². The van der Waals surface area contributed by atoms with Crippen LogP contribution in [0.2, 0.25) is 0 Å². The van der Waals surface area contributed by atoms with E-state index in [1.165, 1.54) is 6.26 Å². The lowest BCUT2D eigenvalue weighted by Gasteiger charge is -2.17. The molecule has 0 aromatic carbocycles. The van der Waals surface area contributed by atoms with Gasteiger partial charge in [-0.25, -0.2) is 0 Å². The van der Waals surface area contributed by atoms with Crippen LogP contribution in [0.25, 0.3) is 0 Å². The number of unbranched alkanes of at least 4 members (excludes halogenated alkanes) is 3. The molecule has 0 aliphatic carbocycles. The van der Waals surface area contributed by atoms with Gasteiger partial charge in [0.25, 0.3) is 0 Å². The standard InChI is InChI=1S/C16H29NO3/c1-4-7-10-18-14-15(13-17)16(19-11-8-5-2)20-12-9-6-3/h14,16H,4-12H2,1-3H3. The summed E-state index contributed by atoms with van der Waals surface area (Å²) in [6.07, 6.45) is 6.97. The second-order valence-corrected chi connectivity index (χ2v) is 4.69. The highest BCUT2D eigenvalue weighted by molar-refractivity contribution is 5.21. The largest absolute Gasteiger partial charge is 0.500 e. The van der Waals surface area contributed by atoms with Gasteiger partial charge in [0.2, 0.25) is 0 Å². The molecule has 20 heavy (non-hydrogen) atoms. The van der Waals surface area contributed by atoms with Crippen molar-refractivity contribution in [1.29, 1.82) is 5.26 Å². The molecule has 0 amide bonds. The van der Waals surface area contributed by atoms with Gasteiger partial charge in [-0.2, -0.15) is 5.26 Å². The van der Waals surface area contributed by atoms with Gasteiger partial charge >= 0.3 is 0 Å². The number of hydrogen-bond donors (Lipinski definition) is 0. The van der Waals surface area contributed by atoms with Gasteiger partial charge in [0, 0.05) is 0 Å². The van der Waals surface area contributed by atoms with E-state index in [0.717, 1.165) is 38.5 Å². The smallest absolute Gasteiger partial charge is 0.196 e. The van der Waals surface area contributed by atoms with E-state index in [1.807, 2.05) is 0 Å². The zero-order valence-electron chi connectivity index (χ0n) is 13.2. The van der Waals surface area contributed by atoms with E-state index >= 15 is 0 Å². The molecular weight excluding hydrogens is 254 g/mol. The first-order valence-electron chi connectivity index (χ1n) is 7.75. The van der Waals surface area contributed by atoms with Crippen LogP contribution in [0.3, 0.4) is 0 Å². The highest BCUT2D eigenvalue weighted by Crippen LogP contribution is 2.11. The van der Waals surface area contributed by atoms with Crippen molar-refractivity contribution in [2.75, 3.05) is 19.8 Å². The van der Waals surface area contributed by atoms with Crippen LogP contribution in [0.1, 0.15) is 59.3 Å². The monoisotopic (exact) mass is 283 g/mol. The van der Waals surface area contributed by atoms with Gasteiger partial charge in [-0.1, -0.05) is 40.0 Å². The average molecular weight is 283 g/mol. The number of nitriles is 1. The molecule has 0 fully saturated rings. The first-order chi connectivity index (χ1) is 9.79. The summed E-state index contributed by atoms with van der Waals surface area (Å²) >= 11 is 0. The zero-order chi connectivity index (χ0) is 15.1. The van der Waals surface area contributed by atoms with Gasteiger partial charge in [-0.05, 0) is 19.3 Å². The molecule has 0 spiro atoms. The Balaban J connectivity index is 4.38. The topological polar surface area (TPSA) is 51.5 Å². The van der Waals surface area contributed by atoms with Crippen LogP contribution in [0.4, 0.5) is 0 Å². The maximum absolute atomic E-state index is 9.21. The van der Waals surface area contributed by atoms with Crippen molar-refractivity contribution in [1.82, 2.24) is 0 Å². The Labute approximate surface area is 123 Å². The maximum Gasteiger partial charge on any atom is 0.196 e. The molecule has 0 saturated heterocycles.